The zero-order valence-corrected chi connectivity index (χ0v) is 15.7. The van der Waals surface area contributed by atoms with Crippen LogP contribution in [-0.4, -0.2) is 15.5 Å². The van der Waals surface area contributed by atoms with Crippen LogP contribution in [-0.2, 0) is 0 Å². The molecule has 0 bridgehead atoms. The van der Waals surface area contributed by atoms with Gasteiger partial charge in [0.1, 0.15) is 0 Å². The lowest BCUT2D eigenvalue weighted by molar-refractivity contribution is 0.577. The first kappa shape index (κ1) is 17.3. The zero-order chi connectivity index (χ0) is 19.0. The molecule has 1 atom stereocenters. The molecule has 0 saturated carbocycles. The van der Waals surface area contributed by atoms with Crippen molar-refractivity contribution in [3.05, 3.63) is 86.8 Å². The molecule has 0 radical (unpaired) electrons. The van der Waals surface area contributed by atoms with E-state index in [1.165, 1.54) is 6.07 Å². The normalized spacial score (nSPS) is 15.5. The number of aromatic nitrogens is 2. The first-order valence-electron chi connectivity index (χ1n) is 8.54. The third-order valence-electron chi connectivity index (χ3n) is 4.31. The maximum atomic E-state index is 12.6. The number of nitrogens with one attached hydrogen (secondary N) is 2. The monoisotopic (exact) mass is 379 g/mol. The second-order valence-electron chi connectivity index (χ2n) is 6.42. The van der Waals surface area contributed by atoms with Crippen molar-refractivity contribution < 1.29 is 0 Å². The largest absolute Gasteiger partial charge is 0.325 e. The van der Waals surface area contributed by atoms with Gasteiger partial charge in [-0.15, -0.1) is 0 Å². The molecule has 1 aromatic heterocycles. The number of benzene rings is 2. The lowest BCUT2D eigenvalue weighted by Gasteiger charge is -2.27. The Kier molecular flexibility index (Phi) is 4.41. The van der Waals surface area contributed by atoms with E-state index in [2.05, 4.69) is 15.6 Å². The molecule has 0 amide bonds. The molecule has 1 aliphatic rings. The minimum Gasteiger partial charge on any atom is -0.325 e. The molecule has 27 heavy (non-hydrogen) atoms. The quantitative estimate of drug-likeness (QED) is 0.707. The van der Waals surface area contributed by atoms with Gasteiger partial charge in [-0.05, 0) is 31.5 Å². The third-order valence-corrected chi connectivity index (χ3v) is 4.64. The highest BCUT2D eigenvalue weighted by molar-refractivity contribution is 6.33. The number of aliphatic imine (C=N–C) groups is 1. The molecule has 0 saturated heterocycles. The van der Waals surface area contributed by atoms with Gasteiger partial charge in [0.2, 0.25) is 11.9 Å². The molecule has 7 heteroatoms. The molecule has 2 aromatic carbocycles. The molecule has 2 N–H and O–H groups in total. The molecule has 3 aromatic rings. The number of guanidine groups is 1. The highest BCUT2D eigenvalue weighted by Gasteiger charge is 2.25. The van der Waals surface area contributed by atoms with Gasteiger partial charge in [-0.1, -0.05) is 53.6 Å². The van der Waals surface area contributed by atoms with E-state index in [4.69, 9.17) is 16.6 Å². The average molecular weight is 380 g/mol. The van der Waals surface area contributed by atoms with Crippen LogP contribution in [0.4, 0.5) is 11.6 Å². The number of nitrogens with zero attached hydrogens (tertiary/aromatic N) is 3. The van der Waals surface area contributed by atoms with Gasteiger partial charge in [-0.2, -0.15) is 0 Å². The summed E-state index contributed by atoms with van der Waals surface area (Å²) in [6, 6.07) is 16.9. The molecule has 136 valence electrons. The van der Waals surface area contributed by atoms with Crippen molar-refractivity contribution in [2.75, 3.05) is 10.6 Å². The summed E-state index contributed by atoms with van der Waals surface area (Å²) >= 11 is 6.25. The second kappa shape index (κ2) is 6.89. The highest BCUT2D eigenvalue weighted by atomic mass is 35.5. The van der Waals surface area contributed by atoms with E-state index in [1.54, 1.807) is 17.6 Å². The number of aryl methyl sites for hydroxylation is 2. The van der Waals surface area contributed by atoms with Crippen molar-refractivity contribution in [3.63, 3.8) is 0 Å². The van der Waals surface area contributed by atoms with E-state index in [-0.39, 0.29) is 5.56 Å². The van der Waals surface area contributed by atoms with E-state index >= 15 is 0 Å². The Morgan fingerprint density at radius 2 is 1.85 bits per heavy atom. The predicted molar refractivity (Wildman–Crippen MR) is 109 cm³/mol. The van der Waals surface area contributed by atoms with E-state index in [1.807, 2.05) is 49.4 Å². The van der Waals surface area contributed by atoms with Crippen LogP contribution in [0, 0.1) is 13.8 Å². The van der Waals surface area contributed by atoms with Gasteiger partial charge in [0.05, 0.1) is 10.7 Å². The van der Waals surface area contributed by atoms with Crippen molar-refractivity contribution in [2.24, 2.45) is 4.99 Å². The minimum absolute atomic E-state index is 0.156. The standard InChI is InChI=1S/C20H18ClN5O/c1-12-7-9-14(10-8-12)18-24-19(23-16-6-4-3-5-15(16)21)25-20-22-13(2)11-17(27)26(18)20/h3-11,18H,1-2H3,(H2,22,23,24,25)/t18-/m0/s1. The lowest BCUT2D eigenvalue weighted by Crippen LogP contribution is -2.37. The van der Waals surface area contributed by atoms with E-state index in [9.17, 15) is 4.79 Å². The van der Waals surface area contributed by atoms with Crippen molar-refractivity contribution in [1.29, 1.82) is 0 Å². The fourth-order valence-electron chi connectivity index (χ4n) is 2.96. The predicted octanol–water partition coefficient (Wildman–Crippen LogP) is 3.95. The molecule has 0 unspecified atom stereocenters. The zero-order valence-electron chi connectivity index (χ0n) is 14.9. The van der Waals surface area contributed by atoms with Crippen LogP contribution in [0.25, 0.3) is 0 Å². The Morgan fingerprint density at radius 1 is 1.11 bits per heavy atom. The van der Waals surface area contributed by atoms with Crippen LogP contribution in [0.3, 0.4) is 0 Å². The summed E-state index contributed by atoms with van der Waals surface area (Å²) in [6.07, 6.45) is -0.521. The molecular weight excluding hydrogens is 362 g/mol. The summed E-state index contributed by atoms with van der Waals surface area (Å²) < 4.78 is 1.55. The van der Waals surface area contributed by atoms with Gasteiger partial charge in [0, 0.05) is 11.8 Å². The van der Waals surface area contributed by atoms with Crippen molar-refractivity contribution in [2.45, 2.75) is 20.0 Å². The molecule has 0 spiro atoms. The van der Waals surface area contributed by atoms with Gasteiger partial charge >= 0.3 is 0 Å². The van der Waals surface area contributed by atoms with Crippen LogP contribution in [0.1, 0.15) is 23.0 Å². The number of hydrogen-bond acceptors (Lipinski definition) is 5. The minimum atomic E-state index is -0.521. The SMILES string of the molecule is Cc1ccc([C@H]2N=C(Nc3ccccc3Cl)Nc3nc(C)cc(=O)n32)cc1. The third kappa shape index (κ3) is 3.44. The summed E-state index contributed by atoms with van der Waals surface area (Å²) in [7, 11) is 0. The van der Waals surface area contributed by atoms with Crippen molar-refractivity contribution in [3.8, 4) is 0 Å². The van der Waals surface area contributed by atoms with Crippen LogP contribution < -0.4 is 16.2 Å². The molecular formula is C20H18ClN5O. The average Bonchev–Trinajstić information content (AvgIpc) is 2.63. The maximum absolute atomic E-state index is 12.6. The molecule has 1 aliphatic heterocycles. The molecule has 0 aliphatic carbocycles. The van der Waals surface area contributed by atoms with Crippen molar-refractivity contribution >= 4 is 29.2 Å². The van der Waals surface area contributed by atoms with Gasteiger partial charge in [0.25, 0.3) is 5.56 Å². The molecule has 2 heterocycles. The summed E-state index contributed by atoms with van der Waals surface area (Å²) in [5, 5.41) is 6.87. The van der Waals surface area contributed by atoms with Gasteiger partial charge in [-0.25, -0.2) is 9.98 Å². The molecule has 4 rings (SSSR count). The van der Waals surface area contributed by atoms with Crippen LogP contribution in [0.15, 0.2) is 64.4 Å². The first-order chi connectivity index (χ1) is 13.0. The van der Waals surface area contributed by atoms with E-state index in [0.29, 0.717) is 22.6 Å². The number of halogens is 1. The number of hydrogen-bond donors (Lipinski definition) is 2. The topological polar surface area (TPSA) is 71.3 Å². The summed E-state index contributed by atoms with van der Waals surface area (Å²) in [5.74, 6) is 0.918. The summed E-state index contributed by atoms with van der Waals surface area (Å²) in [4.78, 5) is 21.8. The van der Waals surface area contributed by atoms with Crippen LogP contribution >= 0.6 is 11.6 Å². The number of anilines is 2. The number of fused-ring (bicyclic) bond motifs is 1. The Balaban J connectivity index is 1.81. The molecule has 0 fully saturated rings. The van der Waals surface area contributed by atoms with Gasteiger partial charge < -0.3 is 5.32 Å². The smallest absolute Gasteiger partial charge is 0.257 e. The summed E-state index contributed by atoms with van der Waals surface area (Å²) in [6.45, 7) is 3.81. The Hall–Kier alpha value is -3.12. The fraction of sp³-hybridized carbons (Fsp3) is 0.150. The second-order valence-corrected chi connectivity index (χ2v) is 6.83. The highest BCUT2D eigenvalue weighted by Crippen LogP contribution is 2.27. The van der Waals surface area contributed by atoms with Crippen molar-refractivity contribution in [1.82, 2.24) is 9.55 Å². The first-order valence-corrected chi connectivity index (χ1v) is 8.92. The van der Waals surface area contributed by atoms with E-state index in [0.717, 1.165) is 16.8 Å². The summed E-state index contributed by atoms with van der Waals surface area (Å²) in [5.41, 5.74) is 3.24. The number of rotatable bonds is 2. The maximum Gasteiger partial charge on any atom is 0.257 e. The van der Waals surface area contributed by atoms with E-state index < -0.39 is 6.17 Å². The lowest BCUT2D eigenvalue weighted by atomic mass is 10.1. The fourth-order valence-corrected chi connectivity index (χ4v) is 3.15. The van der Waals surface area contributed by atoms with Gasteiger partial charge in [-0.3, -0.25) is 14.7 Å². The molecule has 6 nitrogen and oxygen atoms in total. The Labute approximate surface area is 161 Å². The van der Waals surface area contributed by atoms with Crippen LogP contribution in [0.5, 0.6) is 0 Å². The Bertz CT molecular complexity index is 1090. The van der Waals surface area contributed by atoms with Gasteiger partial charge in [0.15, 0.2) is 6.17 Å². The van der Waals surface area contributed by atoms with Crippen LogP contribution in [0.2, 0.25) is 5.02 Å². The number of para-hydroxylation sites is 1. The Morgan fingerprint density at radius 3 is 2.59 bits per heavy atom.